The Morgan fingerprint density at radius 2 is 2.11 bits per heavy atom. The fourth-order valence-electron chi connectivity index (χ4n) is 2.56. The molecule has 0 bridgehead atoms. The van der Waals surface area contributed by atoms with Crippen molar-refractivity contribution >= 4 is 0 Å². The summed E-state index contributed by atoms with van der Waals surface area (Å²) in [5.41, 5.74) is 2.90. The lowest BCUT2D eigenvalue weighted by molar-refractivity contribution is 0.340. The predicted molar refractivity (Wildman–Crippen MR) is 76.4 cm³/mol. The molecule has 100 valence electrons. The van der Waals surface area contributed by atoms with Crippen molar-refractivity contribution in [1.82, 2.24) is 5.32 Å². The molecule has 2 nitrogen and oxygen atoms in total. The van der Waals surface area contributed by atoms with Crippen LogP contribution in [0.25, 0.3) is 0 Å². The van der Waals surface area contributed by atoms with Gasteiger partial charge in [0.2, 0.25) is 0 Å². The normalized spacial score (nSPS) is 14.7. The van der Waals surface area contributed by atoms with Crippen molar-refractivity contribution in [2.45, 2.75) is 52.0 Å². The highest BCUT2D eigenvalue weighted by Crippen LogP contribution is 2.38. The minimum Gasteiger partial charge on any atom is -0.493 e. The van der Waals surface area contributed by atoms with E-state index in [0.29, 0.717) is 6.04 Å². The maximum atomic E-state index is 5.82. The molecule has 1 aromatic carbocycles. The molecule has 2 rings (SSSR count). The number of fused-ring (bicyclic) bond motifs is 1. The largest absolute Gasteiger partial charge is 0.493 e. The van der Waals surface area contributed by atoms with E-state index < -0.39 is 0 Å². The molecule has 0 unspecified atom stereocenters. The van der Waals surface area contributed by atoms with Crippen molar-refractivity contribution in [3.05, 3.63) is 29.3 Å². The molecule has 0 atom stereocenters. The van der Waals surface area contributed by atoms with E-state index in [2.05, 4.69) is 51.2 Å². The number of benzene rings is 1. The van der Waals surface area contributed by atoms with Crippen LogP contribution in [0.2, 0.25) is 0 Å². The summed E-state index contributed by atoms with van der Waals surface area (Å²) in [5, 5.41) is 3.50. The number of rotatable bonds is 5. The van der Waals surface area contributed by atoms with Crippen LogP contribution in [0.4, 0.5) is 0 Å². The van der Waals surface area contributed by atoms with Crippen molar-refractivity contribution in [1.29, 1.82) is 0 Å². The van der Waals surface area contributed by atoms with E-state index in [4.69, 9.17) is 4.74 Å². The lowest BCUT2D eigenvalue weighted by atomic mass is 9.80. The van der Waals surface area contributed by atoms with E-state index >= 15 is 0 Å². The van der Waals surface area contributed by atoms with Gasteiger partial charge < -0.3 is 10.1 Å². The van der Waals surface area contributed by atoms with Crippen molar-refractivity contribution < 1.29 is 4.74 Å². The van der Waals surface area contributed by atoms with Crippen LogP contribution in [0.5, 0.6) is 5.75 Å². The first kappa shape index (κ1) is 13.4. The highest BCUT2D eigenvalue weighted by Gasteiger charge is 2.27. The molecule has 1 heterocycles. The van der Waals surface area contributed by atoms with Gasteiger partial charge in [-0.2, -0.15) is 0 Å². The van der Waals surface area contributed by atoms with E-state index in [9.17, 15) is 0 Å². The van der Waals surface area contributed by atoms with Crippen molar-refractivity contribution in [3.63, 3.8) is 0 Å². The van der Waals surface area contributed by atoms with Gasteiger partial charge in [0.1, 0.15) is 5.75 Å². The van der Waals surface area contributed by atoms with Gasteiger partial charge in [0, 0.05) is 18.0 Å². The summed E-state index contributed by atoms with van der Waals surface area (Å²) in [6.45, 7) is 10.9. The first-order valence-corrected chi connectivity index (χ1v) is 6.99. The zero-order chi connectivity index (χ0) is 13.2. The van der Waals surface area contributed by atoms with E-state index in [1.54, 1.807) is 0 Å². The molecule has 1 aliphatic heterocycles. The lowest BCUT2D eigenvalue weighted by Gasteiger charge is -2.27. The highest BCUT2D eigenvalue weighted by atomic mass is 16.5. The van der Waals surface area contributed by atoms with E-state index in [1.165, 1.54) is 11.1 Å². The van der Waals surface area contributed by atoms with Gasteiger partial charge in [-0.05, 0) is 23.9 Å². The third kappa shape index (κ3) is 2.86. The van der Waals surface area contributed by atoms with Crippen LogP contribution in [-0.2, 0) is 11.8 Å². The molecular weight excluding hydrogens is 222 g/mol. The molecule has 0 aliphatic carbocycles. The molecule has 18 heavy (non-hydrogen) atoms. The Morgan fingerprint density at radius 1 is 1.33 bits per heavy atom. The molecule has 0 amide bonds. The van der Waals surface area contributed by atoms with Gasteiger partial charge in [-0.25, -0.2) is 0 Å². The van der Waals surface area contributed by atoms with E-state index in [0.717, 1.165) is 31.7 Å². The number of ether oxygens (including phenoxy) is 1. The molecule has 0 fully saturated rings. The predicted octanol–water partition coefficient (Wildman–Crippen LogP) is 3.29. The standard InChI is InChI=1S/C16H25NO/c1-12(2)17-10-9-16(3,4)14-7-5-6-13-8-11-18-15(13)14/h5-7,12,17H,8-11H2,1-4H3. The third-order valence-electron chi connectivity index (χ3n) is 3.75. The van der Waals surface area contributed by atoms with Crippen LogP contribution >= 0.6 is 0 Å². The smallest absolute Gasteiger partial charge is 0.126 e. The fourth-order valence-corrected chi connectivity index (χ4v) is 2.56. The Morgan fingerprint density at radius 3 is 2.83 bits per heavy atom. The minimum absolute atomic E-state index is 0.164. The molecule has 0 radical (unpaired) electrons. The molecule has 1 aromatic rings. The monoisotopic (exact) mass is 247 g/mol. The average molecular weight is 247 g/mol. The summed E-state index contributed by atoms with van der Waals surface area (Å²) < 4.78 is 5.82. The van der Waals surface area contributed by atoms with Gasteiger partial charge in [-0.3, -0.25) is 0 Å². The van der Waals surface area contributed by atoms with Gasteiger partial charge in [0.05, 0.1) is 6.61 Å². The first-order valence-electron chi connectivity index (χ1n) is 6.99. The molecular formula is C16H25NO. The quantitative estimate of drug-likeness (QED) is 0.862. The van der Waals surface area contributed by atoms with Crippen LogP contribution in [0.15, 0.2) is 18.2 Å². The molecule has 0 aromatic heterocycles. The van der Waals surface area contributed by atoms with Crippen molar-refractivity contribution in [2.75, 3.05) is 13.2 Å². The Bertz CT molecular complexity index is 410. The molecule has 0 spiro atoms. The second-order valence-electron chi connectivity index (χ2n) is 6.13. The molecule has 1 aliphatic rings. The number of hydrogen-bond acceptors (Lipinski definition) is 2. The zero-order valence-corrected chi connectivity index (χ0v) is 12.0. The first-order chi connectivity index (χ1) is 8.50. The second-order valence-corrected chi connectivity index (χ2v) is 6.13. The molecule has 1 N–H and O–H groups in total. The summed E-state index contributed by atoms with van der Waals surface area (Å²) in [4.78, 5) is 0. The Balaban J connectivity index is 2.12. The lowest BCUT2D eigenvalue weighted by Crippen LogP contribution is -2.29. The molecule has 0 saturated carbocycles. The Hall–Kier alpha value is -1.02. The van der Waals surface area contributed by atoms with Gasteiger partial charge in [0.25, 0.3) is 0 Å². The zero-order valence-electron chi connectivity index (χ0n) is 12.0. The second kappa shape index (κ2) is 5.31. The van der Waals surface area contributed by atoms with E-state index in [-0.39, 0.29) is 5.41 Å². The van der Waals surface area contributed by atoms with Gasteiger partial charge in [-0.15, -0.1) is 0 Å². The van der Waals surface area contributed by atoms with Crippen molar-refractivity contribution in [3.8, 4) is 5.75 Å². The minimum atomic E-state index is 0.164. The number of hydrogen-bond donors (Lipinski definition) is 1. The summed E-state index contributed by atoms with van der Waals surface area (Å²) in [6.07, 6.45) is 2.19. The summed E-state index contributed by atoms with van der Waals surface area (Å²) in [6, 6.07) is 7.13. The van der Waals surface area contributed by atoms with Crippen LogP contribution in [0.3, 0.4) is 0 Å². The molecule has 0 saturated heterocycles. The Kier molecular flexibility index (Phi) is 3.96. The van der Waals surface area contributed by atoms with Crippen LogP contribution in [0.1, 0.15) is 45.2 Å². The SMILES string of the molecule is CC(C)NCCC(C)(C)c1cccc2c1OCC2. The van der Waals surface area contributed by atoms with E-state index in [1.807, 2.05) is 0 Å². The van der Waals surface area contributed by atoms with Crippen molar-refractivity contribution in [2.24, 2.45) is 0 Å². The van der Waals surface area contributed by atoms with Crippen LogP contribution in [-0.4, -0.2) is 19.2 Å². The third-order valence-corrected chi connectivity index (χ3v) is 3.75. The summed E-state index contributed by atoms with van der Waals surface area (Å²) in [7, 11) is 0. The Labute approximate surface area is 111 Å². The number of para-hydroxylation sites is 1. The van der Waals surface area contributed by atoms with Crippen LogP contribution < -0.4 is 10.1 Å². The summed E-state index contributed by atoms with van der Waals surface area (Å²) in [5.74, 6) is 1.15. The van der Waals surface area contributed by atoms with Gasteiger partial charge in [0.15, 0.2) is 0 Å². The van der Waals surface area contributed by atoms with Gasteiger partial charge in [-0.1, -0.05) is 45.9 Å². The number of nitrogens with one attached hydrogen (secondary N) is 1. The maximum absolute atomic E-state index is 5.82. The maximum Gasteiger partial charge on any atom is 0.126 e. The fraction of sp³-hybridized carbons (Fsp3) is 0.625. The highest BCUT2D eigenvalue weighted by molar-refractivity contribution is 5.47. The van der Waals surface area contributed by atoms with Gasteiger partial charge >= 0.3 is 0 Å². The summed E-state index contributed by atoms with van der Waals surface area (Å²) >= 11 is 0. The topological polar surface area (TPSA) is 21.3 Å². The molecule has 2 heteroatoms. The van der Waals surface area contributed by atoms with Crippen LogP contribution in [0, 0.1) is 0 Å². The average Bonchev–Trinajstić information content (AvgIpc) is 2.75.